The predicted octanol–water partition coefficient (Wildman–Crippen LogP) is 2.40. The summed E-state index contributed by atoms with van der Waals surface area (Å²) in [5, 5.41) is 16.9. The molecule has 0 radical (unpaired) electrons. The molecule has 6 heterocycles. The van der Waals surface area contributed by atoms with E-state index in [0.717, 1.165) is 64.8 Å². The van der Waals surface area contributed by atoms with Crippen LogP contribution in [0, 0.1) is 29.6 Å². The van der Waals surface area contributed by atoms with E-state index in [2.05, 4.69) is 69.2 Å². The fourth-order valence-corrected chi connectivity index (χ4v) is 10.4. The fraction of sp³-hybridized carbons (Fsp3) is 0.969. The lowest BCUT2D eigenvalue weighted by molar-refractivity contribution is -0.0993. The van der Waals surface area contributed by atoms with Crippen LogP contribution in [0.1, 0.15) is 72.6 Å². The number of halogens is 2. The maximum Gasteiger partial charge on any atom is 0.320 e. The lowest BCUT2D eigenvalue weighted by atomic mass is 9.69. The monoisotopic (exact) mass is 606 g/mol. The highest BCUT2D eigenvalue weighted by molar-refractivity contribution is 5.76. The van der Waals surface area contributed by atoms with E-state index >= 15 is 8.78 Å². The van der Waals surface area contributed by atoms with E-state index < -0.39 is 24.3 Å². The third-order valence-corrected chi connectivity index (χ3v) is 12.5. The number of fused-ring (bicyclic) bond motifs is 4. The summed E-state index contributed by atoms with van der Waals surface area (Å²) in [7, 11) is 0. The molecule has 0 aromatic carbocycles. The van der Waals surface area contributed by atoms with Crippen molar-refractivity contribution in [2.24, 2.45) is 29.6 Å². The molecule has 0 spiro atoms. The van der Waals surface area contributed by atoms with Gasteiger partial charge >= 0.3 is 6.03 Å². The smallest absolute Gasteiger partial charge is 0.320 e. The molecule has 244 valence electrons. The average molecular weight is 607 g/mol. The van der Waals surface area contributed by atoms with Gasteiger partial charge in [0.25, 0.3) is 0 Å². The van der Waals surface area contributed by atoms with Gasteiger partial charge in [-0.25, -0.2) is 18.6 Å². The number of piperazine rings is 1. The number of nitrogens with one attached hydrogen (secondary N) is 5. The van der Waals surface area contributed by atoms with E-state index in [-0.39, 0.29) is 48.4 Å². The van der Waals surface area contributed by atoms with Crippen molar-refractivity contribution in [1.82, 2.24) is 41.5 Å². The standard InChI is InChI=1S/C32H56F2N8O/c1-17(2)26-29-20(10-11-35-26)7-5-6-12-41-28-21(15-37-41)8-9-23(33)25(28)27-24(34)13-22-30(39-32(43)42(29)31(22)38-27)40-16-18(3)36-14-19(40)4/h17-31,35-38H,5-16H2,1-4H3,(H,39,43)/t18-,19+,20?,21?,22?,23?,24?,25?,26?,27?,28?,29?,30?,31?/m1/s1. The first-order chi connectivity index (χ1) is 20.7. The third-order valence-electron chi connectivity index (χ3n) is 12.5. The Hall–Kier alpha value is -1.11. The Morgan fingerprint density at radius 2 is 1.74 bits per heavy atom. The lowest BCUT2D eigenvalue weighted by Crippen LogP contribution is -2.80. The molecule has 1 aliphatic carbocycles. The van der Waals surface area contributed by atoms with Crippen LogP contribution in [0.4, 0.5) is 13.6 Å². The Bertz CT molecular complexity index is 1010. The Morgan fingerprint density at radius 1 is 0.907 bits per heavy atom. The van der Waals surface area contributed by atoms with Crippen LogP contribution in [0.15, 0.2) is 0 Å². The van der Waals surface area contributed by atoms with Gasteiger partial charge in [0, 0.05) is 68.2 Å². The largest absolute Gasteiger partial charge is 0.322 e. The quantitative estimate of drug-likeness (QED) is 0.330. The second-order valence-corrected chi connectivity index (χ2v) is 15.4. The number of nitrogens with zero attached hydrogens (tertiary/aromatic N) is 3. The maximum atomic E-state index is 16.8. The molecule has 14 atom stereocenters. The third kappa shape index (κ3) is 5.41. The topological polar surface area (TPSA) is 86.9 Å². The molecule has 7 fully saturated rings. The molecule has 0 aromatic rings. The summed E-state index contributed by atoms with van der Waals surface area (Å²) in [6, 6.07) is -0.00131. The van der Waals surface area contributed by atoms with E-state index in [1.54, 1.807) is 0 Å². The molecular formula is C32H56F2N8O. The molecule has 0 aromatic heterocycles. The number of urea groups is 1. The summed E-state index contributed by atoms with van der Waals surface area (Å²) >= 11 is 0. The molecule has 2 bridgehead atoms. The molecule has 6 saturated heterocycles. The van der Waals surface area contributed by atoms with Gasteiger partial charge in [-0.2, -0.15) is 0 Å². The van der Waals surface area contributed by atoms with E-state index in [4.69, 9.17) is 0 Å². The number of rotatable bonds is 2. The van der Waals surface area contributed by atoms with Gasteiger partial charge in [0.2, 0.25) is 0 Å². The molecule has 43 heavy (non-hydrogen) atoms. The van der Waals surface area contributed by atoms with Crippen molar-refractivity contribution >= 4 is 6.03 Å². The molecule has 7 aliphatic rings. The van der Waals surface area contributed by atoms with Crippen LogP contribution < -0.4 is 26.7 Å². The second kappa shape index (κ2) is 12.2. The summed E-state index contributed by atoms with van der Waals surface area (Å²) in [6.07, 6.45) is 3.06. The number of piperidine rings is 2. The summed E-state index contributed by atoms with van der Waals surface area (Å²) in [6.45, 7) is 13.2. The normalized spacial score (nSPS) is 49.7. The zero-order valence-electron chi connectivity index (χ0n) is 26.7. The van der Waals surface area contributed by atoms with Crippen LogP contribution in [0.3, 0.4) is 0 Å². The Kier molecular flexibility index (Phi) is 8.70. The molecule has 5 N–H and O–H groups in total. The second-order valence-electron chi connectivity index (χ2n) is 15.4. The van der Waals surface area contributed by atoms with Gasteiger partial charge in [-0.15, -0.1) is 0 Å². The number of hydrogen-bond donors (Lipinski definition) is 5. The highest BCUT2D eigenvalue weighted by Gasteiger charge is 2.59. The van der Waals surface area contributed by atoms with Crippen molar-refractivity contribution in [3.8, 4) is 0 Å². The van der Waals surface area contributed by atoms with E-state index in [1.165, 1.54) is 0 Å². The predicted molar refractivity (Wildman–Crippen MR) is 163 cm³/mol. The number of hydrazine groups is 1. The van der Waals surface area contributed by atoms with Crippen LogP contribution in [-0.2, 0) is 0 Å². The average Bonchev–Trinajstić information content (AvgIpc) is 3.39. The molecule has 7 rings (SSSR count). The van der Waals surface area contributed by atoms with Crippen molar-refractivity contribution < 1.29 is 13.6 Å². The Labute approximate surface area is 257 Å². The minimum absolute atomic E-state index is 0.00448. The highest BCUT2D eigenvalue weighted by atomic mass is 19.1. The SMILES string of the molecule is CC(C)C1NCCC2CCCCN3NCC4CCC(F)C(C5NC6C(CC5F)C(N5C[C@@H](C)NC[C@@H]5C)NC(=O)N6C21)C43. The number of carbonyl (C=O) groups is 1. The van der Waals surface area contributed by atoms with Crippen LogP contribution in [0.5, 0.6) is 0 Å². The van der Waals surface area contributed by atoms with Crippen LogP contribution in [0.2, 0.25) is 0 Å². The molecule has 9 nitrogen and oxygen atoms in total. The van der Waals surface area contributed by atoms with Crippen LogP contribution in [-0.4, -0.2) is 114 Å². The first-order valence-electron chi connectivity index (χ1n) is 17.6. The minimum atomic E-state index is -1.17. The van der Waals surface area contributed by atoms with Gasteiger partial charge in [0.1, 0.15) is 12.3 Å². The summed E-state index contributed by atoms with van der Waals surface area (Å²) in [4.78, 5) is 19.0. The maximum absolute atomic E-state index is 16.8. The van der Waals surface area contributed by atoms with Crippen LogP contribution >= 0.6 is 0 Å². The first kappa shape index (κ1) is 30.5. The number of hydrogen-bond acceptors (Lipinski definition) is 7. The molecule has 12 unspecified atom stereocenters. The lowest BCUT2D eigenvalue weighted by Gasteiger charge is -2.60. The number of amides is 2. The fourth-order valence-electron chi connectivity index (χ4n) is 10.4. The summed E-state index contributed by atoms with van der Waals surface area (Å²) in [5.74, 6) is 0.489. The molecular weight excluding hydrogens is 550 g/mol. The van der Waals surface area contributed by atoms with Crippen molar-refractivity contribution in [2.75, 3.05) is 32.7 Å². The van der Waals surface area contributed by atoms with Crippen molar-refractivity contribution in [1.29, 1.82) is 0 Å². The van der Waals surface area contributed by atoms with E-state index in [9.17, 15) is 4.79 Å². The van der Waals surface area contributed by atoms with Gasteiger partial charge in [0.15, 0.2) is 0 Å². The summed E-state index contributed by atoms with van der Waals surface area (Å²) in [5.41, 5.74) is 3.61. The van der Waals surface area contributed by atoms with Crippen LogP contribution in [0.25, 0.3) is 0 Å². The number of alkyl halides is 2. The van der Waals surface area contributed by atoms with Crippen molar-refractivity contribution in [2.45, 2.75) is 134 Å². The van der Waals surface area contributed by atoms with Gasteiger partial charge in [-0.3, -0.25) is 15.6 Å². The van der Waals surface area contributed by atoms with E-state index in [0.29, 0.717) is 36.6 Å². The highest BCUT2D eigenvalue weighted by Crippen LogP contribution is 2.45. The van der Waals surface area contributed by atoms with Gasteiger partial charge in [-0.05, 0) is 76.7 Å². The Balaban J connectivity index is 1.31. The molecule has 2 amide bonds. The molecule has 11 heteroatoms. The van der Waals surface area contributed by atoms with Gasteiger partial charge in [-0.1, -0.05) is 20.3 Å². The van der Waals surface area contributed by atoms with Gasteiger partial charge in [0.05, 0.1) is 18.4 Å². The van der Waals surface area contributed by atoms with Crippen molar-refractivity contribution in [3.63, 3.8) is 0 Å². The zero-order valence-corrected chi connectivity index (χ0v) is 26.7. The summed E-state index contributed by atoms with van der Waals surface area (Å²) < 4.78 is 32.9. The first-order valence-corrected chi connectivity index (χ1v) is 17.6. The van der Waals surface area contributed by atoms with Crippen molar-refractivity contribution in [3.05, 3.63) is 0 Å². The Morgan fingerprint density at radius 3 is 2.56 bits per heavy atom. The number of carbonyl (C=O) groups excluding carboxylic acids is 1. The van der Waals surface area contributed by atoms with E-state index in [1.807, 2.05) is 0 Å². The zero-order chi connectivity index (χ0) is 30.0. The minimum Gasteiger partial charge on any atom is -0.322 e. The molecule has 1 saturated carbocycles. The molecule has 6 aliphatic heterocycles. The van der Waals surface area contributed by atoms with Gasteiger partial charge < -0.3 is 20.9 Å².